The minimum atomic E-state index is 0.530. The number of nitrogens with zero attached hydrogens (tertiary/aromatic N) is 4. The van der Waals surface area contributed by atoms with E-state index in [1.807, 2.05) is 0 Å². The molecule has 2 heterocycles. The summed E-state index contributed by atoms with van der Waals surface area (Å²) in [6.45, 7) is 7.18. The molecule has 1 aliphatic rings. The van der Waals surface area contributed by atoms with Crippen LogP contribution in [0.15, 0.2) is 18.2 Å². The molecule has 1 aromatic carbocycles. The molecule has 0 spiro atoms. The van der Waals surface area contributed by atoms with Crippen LogP contribution in [0.3, 0.4) is 0 Å². The van der Waals surface area contributed by atoms with Crippen molar-refractivity contribution in [3.8, 4) is 6.07 Å². The van der Waals surface area contributed by atoms with Gasteiger partial charge in [-0.1, -0.05) is 12.5 Å². The van der Waals surface area contributed by atoms with Crippen molar-refractivity contribution < 1.29 is 0 Å². The van der Waals surface area contributed by atoms with Gasteiger partial charge < -0.3 is 4.57 Å². The van der Waals surface area contributed by atoms with E-state index in [4.69, 9.17) is 10.2 Å². The monoisotopic (exact) mass is 296 g/mol. The van der Waals surface area contributed by atoms with Crippen LogP contribution in [-0.4, -0.2) is 27.0 Å². The topological polar surface area (TPSA) is 44.9 Å². The average Bonchev–Trinajstić information content (AvgIpc) is 2.84. The molecule has 1 unspecified atom stereocenters. The summed E-state index contributed by atoms with van der Waals surface area (Å²) in [5, 5.41) is 8.94. The van der Waals surface area contributed by atoms with Gasteiger partial charge in [0, 0.05) is 12.6 Å². The highest BCUT2D eigenvalue weighted by Crippen LogP contribution is 2.23. The maximum Gasteiger partial charge on any atom is 0.124 e. The molecule has 22 heavy (non-hydrogen) atoms. The molecule has 4 heteroatoms. The van der Waals surface area contributed by atoms with Crippen molar-refractivity contribution in [2.24, 2.45) is 0 Å². The quantitative estimate of drug-likeness (QED) is 0.865. The fourth-order valence-corrected chi connectivity index (χ4v) is 3.40. The molecule has 0 amide bonds. The summed E-state index contributed by atoms with van der Waals surface area (Å²) in [5.41, 5.74) is 3.44. The van der Waals surface area contributed by atoms with E-state index in [1.54, 1.807) is 0 Å². The van der Waals surface area contributed by atoms with Gasteiger partial charge in [0.2, 0.25) is 0 Å². The maximum absolute atomic E-state index is 8.94. The van der Waals surface area contributed by atoms with E-state index in [1.165, 1.54) is 24.8 Å². The van der Waals surface area contributed by atoms with Crippen molar-refractivity contribution >= 4 is 11.0 Å². The summed E-state index contributed by atoms with van der Waals surface area (Å²) in [6.07, 6.45) is 4.42. The van der Waals surface area contributed by atoms with Gasteiger partial charge in [-0.25, -0.2) is 4.98 Å². The van der Waals surface area contributed by atoms with Gasteiger partial charge in [-0.15, -0.1) is 0 Å². The Morgan fingerprint density at radius 2 is 2.23 bits per heavy atom. The lowest BCUT2D eigenvalue weighted by atomic mass is 10.0. The number of fused-ring (bicyclic) bond motifs is 1. The molecule has 0 bridgehead atoms. The van der Waals surface area contributed by atoms with Gasteiger partial charge in [0.1, 0.15) is 5.82 Å². The Balaban J connectivity index is 1.94. The number of hydrogen-bond acceptors (Lipinski definition) is 3. The van der Waals surface area contributed by atoms with Gasteiger partial charge in [0.15, 0.2) is 0 Å². The second-order valence-electron chi connectivity index (χ2n) is 6.40. The first-order valence-electron chi connectivity index (χ1n) is 8.26. The molecule has 4 nitrogen and oxygen atoms in total. The van der Waals surface area contributed by atoms with Crippen LogP contribution in [0.1, 0.15) is 44.0 Å². The summed E-state index contributed by atoms with van der Waals surface area (Å²) >= 11 is 0. The molecule has 0 radical (unpaired) electrons. The predicted octanol–water partition coefficient (Wildman–Crippen LogP) is 3.63. The van der Waals surface area contributed by atoms with E-state index in [9.17, 15) is 0 Å². The van der Waals surface area contributed by atoms with E-state index >= 15 is 0 Å². The van der Waals surface area contributed by atoms with Crippen molar-refractivity contribution in [3.63, 3.8) is 0 Å². The molecule has 0 aliphatic carbocycles. The molecule has 1 aromatic heterocycles. The average molecular weight is 296 g/mol. The van der Waals surface area contributed by atoms with Crippen molar-refractivity contribution in [1.29, 1.82) is 5.26 Å². The number of nitriles is 1. The summed E-state index contributed by atoms with van der Waals surface area (Å²) in [5.74, 6) is 1.10. The van der Waals surface area contributed by atoms with E-state index in [-0.39, 0.29) is 0 Å². The first-order chi connectivity index (χ1) is 10.7. The van der Waals surface area contributed by atoms with Crippen molar-refractivity contribution in [3.05, 3.63) is 29.6 Å². The Hall–Kier alpha value is -1.86. The molecule has 1 saturated heterocycles. The first-order valence-corrected chi connectivity index (χ1v) is 8.26. The molecule has 1 aliphatic heterocycles. The number of imidazole rings is 1. The Kier molecular flexibility index (Phi) is 4.44. The van der Waals surface area contributed by atoms with Crippen molar-refractivity contribution in [2.45, 2.75) is 58.7 Å². The minimum absolute atomic E-state index is 0.530. The van der Waals surface area contributed by atoms with Gasteiger partial charge in [-0.2, -0.15) is 5.26 Å². The van der Waals surface area contributed by atoms with E-state index in [0.717, 1.165) is 36.5 Å². The lowest BCUT2D eigenvalue weighted by Gasteiger charge is -2.33. The first kappa shape index (κ1) is 15.1. The number of piperidine rings is 1. The van der Waals surface area contributed by atoms with Crippen LogP contribution in [-0.2, 0) is 13.1 Å². The lowest BCUT2D eigenvalue weighted by molar-refractivity contribution is 0.147. The lowest BCUT2D eigenvalue weighted by Crippen LogP contribution is -2.37. The second kappa shape index (κ2) is 6.50. The van der Waals surface area contributed by atoms with Crippen LogP contribution in [0.25, 0.3) is 11.0 Å². The molecule has 116 valence electrons. The molecule has 2 aromatic rings. The number of hydrogen-bond donors (Lipinski definition) is 0. The number of rotatable bonds is 4. The summed E-state index contributed by atoms with van der Waals surface area (Å²) < 4.78 is 2.24. The third kappa shape index (κ3) is 3.00. The van der Waals surface area contributed by atoms with Crippen LogP contribution in [0, 0.1) is 18.3 Å². The van der Waals surface area contributed by atoms with Crippen LogP contribution in [0.5, 0.6) is 0 Å². The normalized spacial score (nSPS) is 19.4. The zero-order valence-corrected chi connectivity index (χ0v) is 13.5. The van der Waals surface area contributed by atoms with Gasteiger partial charge in [0.25, 0.3) is 0 Å². The molecule has 0 saturated carbocycles. The van der Waals surface area contributed by atoms with Crippen molar-refractivity contribution in [1.82, 2.24) is 14.5 Å². The van der Waals surface area contributed by atoms with E-state index in [2.05, 4.69) is 47.6 Å². The van der Waals surface area contributed by atoms with E-state index < -0.39 is 0 Å². The minimum Gasteiger partial charge on any atom is -0.326 e. The molecule has 0 N–H and O–H groups in total. The van der Waals surface area contributed by atoms with E-state index in [0.29, 0.717) is 12.5 Å². The highest BCUT2D eigenvalue weighted by atomic mass is 15.2. The zero-order valence-electron chi connectivity index (χ0n) is 13.5. The Morgan fingerprint density at radius 3 is 3.00 bits per heavy atom. The summed E-state index contributed by atoms with van der Waals surface area (Å²) in [4.78, 5) is 7.40. The van der Waals surface area contributed by atoms with Crippen LogP contribution < -0.4 is 0 Å². The smallest absolute Gasteiger partial charge is 0.124 e. The number of aromatic nitrogens is 2. The Labute approximate surface area is 132 Å². The largest absolute Gasteiger partial charge is 0.326 e. The van der Waals surface area contributed by atoms with Gasteiger partial charge in [-0.3, -0.25) is 4.90 Å². The highest BCUT2D eigenvalue weighted by molar-refractivity contribution is 5.76. The second-order valence-corrected chi connectivity index (χ2v) is 6.40. The zero-order chi connectivity index (χ0) is 15.5. The Bertz CT molecular complexity index is 695. The van der Waals surface area contributed by atoms with Gasteiger partial charge in [-0.05, 0) is 50.9 Å². The molecule has 1 atom stereocenters. The molecular weight excluding hydrogens is 272 g/mol. The third-order valence-corrected chi connectivity index (χ3v) is 4.72. The molecular formula is C18H24N4. The Morgan fingerprint density at radius 1 is 1.36 bits per heavy atom. The number of benzene rings is 1. The summed E-state index contributed by atoms with van der Waals surface area (Å²) in [6, 6.07) is 9.29. The fourth-order valence-electron chi connectivity index (χ4n) is 3.40. The highest BCUT2D eigenvalue weighted by Gasteiger charge is 2.21. The van der Waals surface area contributed by atoms with Gasteiger partial charge >= 0.3 is 0 Å². The predicted molar refractivity (Wildman–Crippen MR) is 88.4 cm³/mol. The van der Waals surface area contributed by atoms with Crippen LogP contribution >= 0.6 is 0 Å². The standard InChI is InChI=1S/C18H24N4/c1-14-7-8-17-16(12-14)20-18(22(17)11-5-9-19)13-21-10-4-3-6-15(21)2/h7-8,12,15H,3-6,10-11,13H2,1-2H3. The maximum atomic E-state index is 8.94. The molecule has 1 fully saturated rings. The molecule has 3 rings (SSSR count). The van der Waals surface area contributed by atoms with Gasteiger partial charge in [0.05, 0.1) is 30.1 Å². The van der Waals surface area contributed by atoms with Crippen molar-refractivity contribution in [2.75, 3.05) is 6.54 Å². The third-order valence-electron chi connectivity index (χ3n) is 4.72. The summed E-state index contributed by atoms with van der Waals surface area (Å²) in [7, 11) is 0. The SMILES string of the molecule is Cc1ccc2c(c1)nc(CN1CCCCC1C)n2CCC#N. The van der Waals surface area contributed by atoms with Crippen LogP contribution in [0.4, 0.5) is 0 Å². The van der Waals surface area contributed by atoms with Crippen LogP contribution in [0.2, 0.25) is 0 Å². The fraction of sp³-hybridized carbons (Fsp3) is 0.556. The number of aryl methyl sites for hydroxylation is 2. The number of likely N-dealkylation sites (tertiary alicyclic amines) is 1.